The molecule has 1 heterocycles. The molecule has 1 saturated heterocycles. The summed E-state index contributed by atoms with van der Waals surface area (Å²) in [6.07, 6.45) is 0. The van der Waals surface area contributed by atoms with Crippen molar-refractivity contribution in [1.29, 1.82) is 0 Å². The van der Waals surface area contributed by atoms with E-state index in [1.165, 1.54) is 38.4 Å². The van der Waals surface area contributed by atoms with E-state index in [0.29, 0.717) is 23.6 Å². The van der Waals surface area contributed by atoms with Crippen LogP contribution in [0.25, 0.3) is 5.76 Å². The molecule has 0 aromatic heterocycles. The molecule has 0 aliphatic carbocycles. The standard InChI is InChI=1S/C24H27FN2O6/c1-26(2)11-12-27-20(15-7-6-8-18(32-4)23(15)33-5)19(22(29)24(27)30)21(28)16-13-14(25)9-10-17(16)31-3/h6-10,13,20,28H,11-12H2,1-5H3/t20-/m0/s1. The number of carbonyl (C=O) groups excluding carboxylic acids is 2. The second kappa shape index (κ2) is 9.91. The molecule has 0 unspecified atom stereocenters. The highest BCUT2D eigenvalue weighted by Crippen LogP contribution is 2.46. The molecule has 1 fully saturated rings. The Kier molecular flexibility index (Phi) is 7.23. The van der Waals surface area contributed by atoms with Crippen LogP contribution < -0.4 is 14.2 Å². The van der Waals surface area contributed by atoms with Gasteiger partial charge in [-0.2, -0.15) is 0 Å². The third kappa shape index (κ3) is 4.49. The van der Waals surface area contributed by atoms with Crippen molar-refractivity contribution in [2.24, 2.45) is 0 Å². The Morgan fingerprint density at radius 2 is 1.76 bits per heavy atom. The predicted octanol–water partition coefficient (Wildman–Crippen LogP) is 2.83. The number of aliphatic hydroxyl groups excluding tert-OH is 1. The van der Waals surface area contributed by atoms with Crippen LogP contribution in [0.4, 0.5) is 4.39 Å². The fourth-order valence-electron chi connectivity index (χ4n) is 3.88. The van der Waals surface area contributed by atoms with Crippen molar-refractivity contribution in [3.05, 3.63) is 58.9 Å². The smallest absolute Gasteiger partial charge is 0.295 e. The second-order valence-electron chi connectivity index (χ2n) is 7.72. The summed E-state index contributed by atoms with van der Waals surface area (Å²) in [4.78, 5) is 29.5. The lowest BCUT2D eigenvalue weighted by molar-refractivity contribution is -0.140. The molecular weight excluding hydrogens is 431 g/mol. The van der Waals surface area contributed by atoms with Crippen LogP contribution in [0.5, 0.6) is 17.2 Å². The van der Waals surface area contributed by atoms with Gasteiger partial charge in [0.25, 0.3) is 11.7 Å². The molecule has 2 aromatic carbocycles. The molecule has 0 bridgehead atoms. The number of methoxy groups -OCH3 is 3. The van der Waals surface area contributed by atoms with Gasteiger partial charge >= 0.3 is 0 Å². The molecular formula is C24H27FN2O6. The zero-order chi connectivity index (χ0) is 24.3. The molecule has 33 heavy (non-hydrogen) atoms. The van der Waals surface area contributed by atoms with Crippen molar-refractivity contribution in [2.45, 2.75) is 6.04 Å². The number of carbonyl (C=O) groups is 2. The summed E-state index contributed by atoms with van der Waals surface area (Å²) < 4.78 is 30.2. The number of likely N-dealkylation sites (N-methyl/N-ethyl adjacent to an activating group) is 1. The van der Waals surface area contributed by atoms with Gasteiger partial charge < -0.3 is 29.1 Å². The van der Waals surface area contributed by atoms with Gasteiger partial charge in [0, 0.05) is 18.7 Å². The SMILES string of the molecule is COc1ccc(F)cc1C(O)=C1C(=O)C(=O)N(CCN(C)C)[C@H]1c1cccc(OC)c1OC. The first kappa shape index (κ1) is 24.1. The topological polar surface area (TPSA) is 88.5 Å². The maximum Gasteiger partial charge on any atom is 0.295 e. The summed E-state index contributed by atoms with van der Waals surface area (Å²) in [7, 11) is 7.97. The van der Waals surface area contributed by atoms with Crippen LogP contribution >= 0.6 is 0 Å². The van der Waals surface area contributed by atoms with Crippen LogP contribution in [0.2, 0.25) is 0 Å². The molecule has 1 atom stereocenters. The van der Waals surface area contributed by atoms with Gasteiger partial charge in [-0.25, -0.2) is 4.39 Å². The number of benzene rings is 2. The number of aliphatic hydroxyl groups is 1. The molecule has 1 amide bonds. The molecule has 1 N–H and O–H groups in total. The highest BCUT2D eigenvalue weighted by Gasteiger charge is 2.47. The predicted molar refractivity (Wildman–Crippen MR) is 120 cm³/mol. The van der Waals surface area contributed by atoms with Crippen molar-refractivity contribution in [3.8, 4) is 17.2 Å². The van der Waals surface area contributed by atoms with Crippen molar-refractivity contribution >= 4 is 17.4 Å². The van der Waals surface area contributed by atoms with Crippen molar-refractivity contribution < 1.29 is 33.3 Å². The van der Waals surface area contributed by atoms with Gasteiger partial charge in [0.05, 0.1) is 38.5 Å². The summed E-state index contributed by atoms with van der Waals surface area (Å²) in [6, 6.07) is 7.66. The van der Waals surface area contributed by atoms with Crippen LogP contribution in [-0.2, 0) is 9.59 Å². The molecule has 8 nitrogen and oxygen atoms in total. The van der Waals surface area contributed by atoms with E-state index in [9.17, 15) is 19.1 Å². The highest BCUT2D eigenvalue weighted by molar-refractivity contribution is 6.46. The number of nitrogens with zero attached hydrogens (tertiary/aromatic N) is 2. The minimum atomic E-state index is -0.983. The van der Waals surface area contributed by atoms with E-state index in [1.807, 2.05) is 19.0 Å². The summed E-state index contributed by atoms with van der Waals surface area (Å²) in [5.41, 5.74) is 0.232. The number of para-hydroxylation sites is 1. The van der Waals surface area contributed by atoms with Crippen LogP contribution in [0.1, 0.15) is 17.2 Å². The Morgan fingerprint density at radius 3 is 2.36 bits per heavy atom. The summed E-state index contributed by atoms with van der Waals surface area (Å²) in [5.74, 6) is -1.95. The fraction of sp³-hybridized carbons (Fsp3) is 0.333. The maximum atomic E-state index is 14.0. The minimum absolute atomic E-state index is 0.0324. The number of halogens is 1. The summed E-state index contributed by atoms with van der Waals surface area (Å²) in [6.45, 7) is 0.679. The lowest BCUT2D eigenvalue weighted by Crippen LogP contribution is -2.35. The normalized spacial score (nSPS) is 17.5. The van der Waals surface area contributed by atoms with Gasteiger partial charge in [-0.15, -0.1) is 0 Å². The fourth-order valence-corrected chi connectivity index (χ4v) is 3.88. The molecule has 1 aliphatic heterocycles. The lowest BCUT2D eigenvalue weighted by Gasteiger charge is -2.28. The number of amides is 1. The van der Waals surface area contributed by atoms with Crippen LogP contribution in [0.15, 0.2) is 42.0 Å². The largest absolute Gasteiger partial charge is 0.507 e. The Hall–Kier alpha value is -3.59. The number of ether oxygens (including phenoxy) is 3. The molecule has 0 saturated carbocycles. The van der Waals surface area contributed by atoms with Gasteiger partial charge in [0.2, 0.25) is 0 Å². The first-order valence-electron chi connectivity index (χ1n) is 10.2. The number of hydrogen-bond donors (Lipinski definition) is 1. The van der Waals surface area contributed by atoms with Gasteiger partial charge in [-0.3, -0.25) is 9.59 Å². The molecule has 3 rings (SSSR count). The quantitative estimate of drug-likeness (QED) is 0.370. The van der Waals surface area contributed by atoms with Gasteiger partial charge in [0.15, 0.2) is 11.5 Å². The number of hydrogen-bond acceptors (Lipinski definition) is 7. The number of rotatable bonds is 8. The van der Waals surface area contributed by atoms with E-state index in [-0.39, 0.29) is 23.4 Å². The van der Waals surface area contributed by atoms with E-state index >= 15 is 0 Å². The van der Waals surface area contributed by atoms with Gasteiger partial charge in [-0.1, -0.05) is 12.1 Å². The third-order valence-electron chi connectivity index (χ3n) is 5.47. The van der Waals surface area contributed by atoms with E-state index in [1.54, 1.807) is 18.2 Å². The van der Waals surface area contributed by atoms with E-state index in [0.717, 1.165) is 6.07 Å². The monoisotopic (exact) mass is 458 g/mol. The molecule has 0 spiro atoms. The number of Topliss-reactive ketones (excluding diaryl/α,β-unsaturated/α-hetero) is 1. The average molecular weight is 458 g/mol. The van der Waals surface area contributed by atoms with Crippen molar-refractivity contribution in [3.63, 3.8) is 0 Å². The number of ketones is 1. The lowest BCUT2D eigenvalue weighted by atomic mass is 9.94. The maximum absolute atomic E-state index is 14.0. The Bertz CT molecular complexity index is 1100. The molecule has 9 heteroatoms. The molecule has 1 aliphatic rings. The zero-order valence-electron chi connectivity index (χ0n) is 19.2. The first-order valence-corrected chi connectivity index (χ1v) is 10.2. The zero-order valence-corrected chi connectivity index (χ0v) is 19.2. The summed E-state index contributed by atoms with van der Waals surface area (Å²) >= 11 is 0. The highest BCUT2D eigenvalue weighted by atomic mass is 19.1. The third-order valence-corrected chi connectivity index (χ3v) is 5.47. The van der Waals surface area contributed by atoms with Gasteiger partial charge in [0.1, 0.15) is 17.3 Å². The number of likely N-dealkylation sites (tertiary alicyclic amines) is 1. The average Bonchev–Trinajstić information content (AvgIpc) is 3.06. The summed E-state index contributed by atoms with van der Waals surface area (Å²) in [5, 5.41) is 11.2. The Labute approximate surface area is 191 Å². The van der Waals surface area contributed by atoms with Crippen LogP contribution in [-0.4, -0.2) is 75.1 Å². The van der Waals surface area contributed by atoms with E-state index in [2.05, 4.69) is 0 Å². The van der Waals surface area contributed by atoms with Gasteiger partial charge in [-0.05, 0) is 38.4 Å². The minimum Gasteiger partial charge on any atom is -0.507 e. The first-order chi connectivity index (χ1) is 15.7. The Balaban J connectivity index is 2.30. The van der Waals surface area contributed by atoms with E-state index in [4.69, 9.17) is 14.2 Å². The molecule has 2 aromatic rings. The van der Waals surface area contributed by atoms with Crippen molar-refractivity contribution in [2.75, 3.05) is 48.5 Å². The van der Waals surface area contributed by atoms with Crippen LogP contribution in [0.3, 0.4) is 0 Å². The second-order valence-corrected chi connectivity index (χ2v) is 7.72. The van der Waals surface area contributed by atoms with Crippen LogP contribution in [0, 0.1) is 5.82 Å². The molecule has 176 valence electrons. The van der Waals surface area contributed by atoms with Crippen molar-refractivity contribution in [1.82, 2.24) is 9.80 Å². The van der Waals surface area contributed by atoms with E-state index < -0.39 is 29.3 Å². The molecule has 0 radical (unpaired) electrons. The Morgan fingerprint density at radius 1 is 1.06 bits per heavy atom.